The molecule has 0 fully saturated rings. The lowest BCUT2D eigenvalue weighted by Crippen LogP contribution is -2.21. The zero-order chi connectivity index (χ0) is 18.7. The first-order valence-electron chi connectivity index (χ1n) is 8.47. The van der Waals surface area contributed by atoms with Crippen molar-refractivity contribution < 1.29 is 9.21 Å². The van der Waals surface area contributed by atoms with Gasteiger partial charge in [0.2, 0.25) is 5.91 Å². The number of hydrogen-bond acceptors (Lipinski definition) is 5. The Hall–Kier alpha value is -2.67. The standard InChI is InChI=1S/C19H21N3O3S/c1-12(2)14-7-4-6-13(3)17(14)20-16(23)9-10-22-19(24)25-18(21-22)15-8-5-11-26-15/h4-8,11-12H,9-10H2,1-3H3,(H,20,23). The van der Waals surface area contributed by atoms with E-state index < -0.39 is 5.76 Å². The van der Waals surface area contributed by atoms with Crippen LogP contribution in [0.25, 0.3) is 10.8 Å². The summed E-state index contributed by atoms with van der Waals surface area (Å²) in [4.78, 5) is 25.1. The second-order valence-electron chi connectivity index (χ2n) is 6.37. The molecule has 0 unspecified atom stereocenters. The summed E-state index contributed by atoms with van der Waals surface area (Å²) in [5.74, 6) is -0.128. The van der Waals surface area contributed by atoms with Gasteiger partial charge in [-0.1, -0.05) is 38.1 Å². The molecule has 0 saturated carbocycles. The van der Waals surface area contributed by atoms with Gasteiger partial charge in [-0.15, -0.1) is 16.4 Å². The summed E-state index contributed by atoms with van der Waals surface area (Å²) in [7, 11) is 0. The molecule has 0 radical (unpaired) electrons. The van der Waals surface area contributed by atoms with E-state index in [1.807, 2.05) is 42.6 Å². The third-order valence-electron chi connectivity index (χ3n) is 4.08. The van der Waals surface area contributed by atoms with Crippen LogP contribution in [0, 0.1) is 6.92 Å². The molecule has 0 bridgehead atoms. The summed E-state index contributed by atoms with van der Waals surface area (Å²) in [5, 5.41) is 9.02. The van der Waals surface area contributed by atoms with E-state index in [1.165, 1.54) is 16.0 Å². The van der Waals surface area contributed by atoms with Crippen molar-refractivity contribution in [2.45, 2.75) is 39.7 Å². The Labute approximate surface area is 155 Å². The van der Waals surface area contributed by atoms with E-state index in [4.69, 9.17) is 4.42 Å². The summed E-state index contributed by atoms with van der Waals surface area (Å²) in [5.41, 5.74) is 2.96. The molecule has 3 aromatic rings. The first kappa shape index (κ1) is 18.1. The predicted molar refractivity (Wildman–Crippen MR) is 103 cm³/mol. The molecule has 0 aliphatic rings. The highest BCUT2D eigenvalue weighted by molar-refractivity contribution is 7.13. The molecule has 0 aliphatic heterocycles. The highest BCUT2D eigenvalue weighted by Gasteiger charge is 2.14. The molecule has 0 saturated heterocycles. The molecule has 1 amide bonds. The fourth-order valence-electron chi connectivity index (χ4n) is 2.70. The lowest BCUT2D eigenvalue weighted by atomic mass is 9.98. The van der Waals surface area contributed by atoms with E-state index in [9.17, 15) is 9.59 Å². The second-order valence-corrected chi connectivity index (χ2v) is 7.31. The molecule has 2 aromatic heterocycles. The van der Waals surface area contributed by atoms with Gasteiger partial charge in [0.25, 0.3) is 5.89 Å². The topological polar surface area (TPSA) is 77.1 Å². The van der Waals surface area contributed by atoms with Gasteiger partial charge in [0.05, 0.1) is 11.4 Å². The fraction of sp³-hybridized carbons (Fsp3) is 0.316. The first-order valence-corrected chi connectivity index (χ1v) is 9.35. The Bertz CT molecular complexity index is 955. The van der Waals surface area contributed by atoms with E-state index in [-0.39, 0.29) is 24.8 Å². The average Bonchev–Trinajstić information content (AvgIpc) is 3.24. The zero-order valence-corrected chi connectivity index (χ0v) is 15.8. The number of para-hydroxylation sites is 1. The lowest BCUT2D eigenvalue weighted by Gasteiger charge is -2.16. The molecule has 2 heterocycles. The number of amides is 1. The highest BCUT2D eigenvalue weighted by Crippen LogP contribution is 2.27. The maximum absolute atomic E-state index is 12.4. The molecule has 1 N–H and O–H groups in total. The second kappa shape index (κ2) is 7.70. The number of rotatable bonds is 6. The number of aromatic nitrogens is 2. The number of carbonyl (C=O) groups is 1. The van der Waals surface area contributed by atoms with Crippen molar-refractivity contribution in [1.29, 1.82) is 0 Å². The minimum Gasteiger partial charge on any atom is -0.387 e. The third-order valence-corrected chi connectivity index (χ3v) is 4.94. The van der Waals surface area contributed by atoms with Crippen molar-refractivity contribution in [3.05, 3.63) is 57.4 Å². The quantitative estimate of drug-likeness (QED) is 0.710. The van der Waals surface area contributed by atoms with Crippen molar-refractivity contribution in [2.75, 3.05) is 5.32 Å². The van der Waals surface area contributed by atoms with Crippen molar-refractivity contribution in [1.82, 2.24) is 9.78 Å². The molecule has 3 rings (SSSR count). The average molecular weight is 371 g/mol. The van der Waals surface area contributed by atoms with Gasteiger partial charge in [-0.25, -0.2) is 4.79 Å². The monoisotopic (exact) mass is 371 g/mol. The number of nitrogens with one attached hydrogen (secondary N) is 1. The number of carbonyl (C=O) groups excluding carboxylic acids is 1. The fourth-order valence-corrected chi connectivity index (χ4v) is 3.34. The lowest BCUT2D eigenvalue weighted by molar-refractivity contribution is -0.116. The van der Waals surface area contributed by atoms with Gasteiger partial charge < -0.3 is 9.73 Å². The zero-order valence-electron chi connectivity index (χ0n) is 15.0. The van der Waals surface area contributed by atoms with Crippen molar-refractivity contribution >= 4 is 22.9 Å². The third kappa shape index (κ3) is 3.94. The minimum absolute atomic E-state index is 0.141. The number of nitrogens with zero attached hydrogens (tertiary/aromatic N) is 2. The van der Waals surface area contributed by atoms with Crippen molar-refractivity contribution in [2.24, 2.45) is 0 Å². The molecular formula is C19H21N3O3S. The van der Waals surface area contributed by atoms with Crippen LogP contribution in [0.4, 0.5) is 5.69 Å². The summed E-state index contributed by atoms with van der Waals surface area (Å²) < 4.78 is 6.34. The van der Waals surface area contributed by atoms with Gasteiger partial charge >= 0.3 is 5.76 Å². The molecule has 6 nitrogen and oxygen atoms in total. The van der Waals surface area contributed by atoms with E-state index >= 15 is 0 Å². The van der Waals surface area contributed by atoms with E-state index in [0.29, 0.717) is 5.92 Å². The molecule has 26 heavy (non-hydrogen) atoms. The summed E-state index contributed by atoms with van der Waals surface area (Å²) in [6.07, 6.45) is 0.141. The predicted octanol–water partition coefficient (Wildman–Crippen LogP) is 4.03. The van der Waals surface area contributed by atoms with Crippen LogP contribution < -0.4 is 11.1 Å². The Morgan fingerprint density at radius 1 is 1.31 bits per heavy atom. The Morgan fingerprint density at radius 3 is 2.81 bits per heavy atom. The van der Waals surface area contributed by atoms with Gasteiger partial charge in [-0.2, -0.15) is 4.68 Å². The van der Waals surface area contributed by atoms with E-state index in [2.05, 4.69) is 24.3 Å². The van der Waals surface area contributed by atoms with Crippen LogP contribution in [0.15, 0.2) is 44.9 Å². The highest BCUT2D eigenvalue weighted by atomic mass is 32.1. The van der Waals surface area contributed by atoms with Gasteiger partial charge in [0, 0.05) is 12.1 Å². The number of thiophene rings is 1. The number of aryl methyl sites for hydroxylation is 2. The molecule has 1 aromatic carbocycles. The normalized spacial score (nSPS) is 11.1. The number of hydrogen-bond donors (Lipinski definition) is 1. The van der Waals surface area contributed by atoms with E-state index in [1.54, 1.807) is 0 Å². The summed E-state index contributed by atoms with van der Waals surface area (Å²) in [6, 6.07) is 9.67. The molecule has 136 valence electrons. The van der Waals surface area contributed by atoms with Gasteiger partial charge in [0.1, 0.15) is 0 Å². The maximum atomic E-state index is 12.4. The minimum atomic E-state index is -0.556. The molecule has 0 spiro atoms. The Morgan fingerprint density at radius 2 is 2.12 bits per heavy atom. The van der Waals surface area contributed by atoms with Crippen LogP contribution in [-0.4, -0.2) is 15.7 Å². The number of benzene rings is 1. The maximum Gasteiger partial charge on any atom is 0.437 e. The van der Waals surface area contributed by atoms with E-state index in [0.717, 1.165) is 21.7 Å². The van der Waals surface area contributed by atoms with Crippen LogP contribution in [0.1, 0.15) is 37.3 Å². The summed E-state index contributed by atoms with van der Waals surface area (Å²) in [6.45, 7) is 6.32. The SMILES string of the molecule is Cc1cccc(C(C)C)c1NC(=O)CCn1nc(-c2cccs2)oc1=O. The number of anilines is 1. The molecule has 0 aliphatic carbocycles. The van der Waals surface area contributed by atoms with Crippen LogP contribution in [0.5, 0.6) is 0 Å². The largest absolute Gasteiger partial charge is 0.437 e. The Balaban J connectivity index is 1.68. The van der Waals surface area contributed by atoms with Crippen LogP contribution >= 0.6 is 11.3 Å². The van der Waals surface area contributed by atoms with Crippen molar-refractivity contribution in [3.63, 3.8) is 0 Å². The van der Waals surface area contributed by atoms with Crippen LogP contribution in [0.3, 0.4) is 0 Å². The molecule has 7 heteroatoms. The van der Waals surface area contributed by atoms with Crippen LogP contribution in [0.2, 0.25) is 0 Å². The van der Waals surface area contributed by atoms with Crippen LogP contribution in [-0.2, 0) is 11.3 Å². The summed E-state index contributed by atoms with van der Waals surface area (Å²) >= 11 is 1.44. The molecular weight excluding hydrogens is 350 g/mol. The van der Waals surface area contributed by atoms with Gasteiger partial charge in [0.15, 0.2) is 0 Å². The molecule has 0 atom stereocenters. The van der Waals surface area contributed by atoms with Crippen molar-refractivity contribution in [3.8, 4) is 10.8 Å². The first-order chi connectivity index (χ1) is 12.5. The van der Waals surface area contributed by atoms with Gasteiger partial charge in [-0.05, 0) is 35.4 Å². The van der Waals surface area contributed by atoms with Gasteiger partial charge in [-0.3, -0.25) is 4.79 Å². The Kier molecular flexibility index (Phi) is 5.37. The smallest absolute Gasteiger partial charge is 0.387 e.